The SMILES string of the molecule is C=Cc1ccc(OC(=O)C(=O)Nc2cnccn2)cc1. The van der Waals surface area contributed by atoms with Crippen LogP contribution < -0.4 is 10.1 Å². The Labute approximate surface area is 115 Å². The smallest absolute Gasteiger partial charge is 0.402 e. The Morgan fingerprint density at radius 3 is 2.55 bits per heavy atom. The molecule has 0 fully saturated rings. The molecule has 0 aliphatic rings. The van der Waals surface area contributed by atoms with Crippen molar-refractivity contribution < 1.29 is 14.3 Å². The normalized spacial score (nSPS) is 9.60. The Morgan fingerprint density at radius 1 is 1.20 bits per heavy atom. The van der Waals surface area contributed by atoms with Crippen molar-refractivity contribution in [2.45, 2.75) is 0 Å². The number of hydrogen-bond acceptors (Lipinski definition) is 5. The molecule has 0 saturated carbocycles. The van der Waals surface area contributed by atoms with Crippen LogP contribution in [0.2, 0.25) is 0 Å². The minimum absolute atomic E-state index is 0.177. The highest BCUT2D eigenvalue weighted by Crippen LogP contribution is 2.13. The molecule has 0 atom stereocenters. The molecule has 0 saturated heterocycles. The molecule has 2 aromatic rings. The van der Waals surface area contributed by atoms with Crippen molar-refractivity contribution in [3.05, 3.63) is 55.0 Å². The van der Waals surface area contributed by atoms with Crippen molar-refractivity contribution >= 4 is 23.8 Å². The van der Waals surface area contributed by atoms with Crippen LogP contribution in [0, 0.1) is 0 Å². The van der Waals surface area contributed by atoms with E-state index in [-0.39, 0.29) is 11.6 Å². The third kappa shape index (κ3) is 3.49. The third-order valence-corrected chi connectivity index (χ3v) is 2.32. The van der Waals surface area contributed by atoms with Gasteiger partial charge in [0, 0.05) is 12.4 Å². The monoisotopic (exact) mass is 269 g/mol. The molecular formula is C14H11N3O3. The van der Waals surface area contributed by atoms with Gasteiger partial charge in [-0.05, 0) is 17.7 Å². The van der Waals surface area contributed by atoms with Gasteiger partial charge < -0.3 is 4.74 Å². The van der Waals surface area contributed by atoms with E-state index in [1.54, 1.807) is 30.3 Å². The molecule has 1 heterocycles. The fourth-order valence-electron chi connectivity index (χ4n) is 1.36. The lowest BCUT2D eigenvalue weighted by atomic mass is 10.2. The maximum Gasteiger partial charge on any atom is 0.402 e. The van der Waals surface area contributed by atoms with Crippen LogP contribution in [0.25, 0.3) is 6.08 Å². The average Bonchev–Trinajstić information content (AvgIpc) is 2.49. The van der Waals surface area contributed by atoms with Gasteiger partial charge in [0.15, 0.2) is 5.82 Å². The van der Waals surface area contributed by atoms with Crippen LogP contribution in [-0.4, -0.2) is 21.8 Å². The second kappa shape index (κ2) is 6.24. The molecule has 0 unspecified atom stereocenters. The summed E-state index contributed by atoms with van der Waals surface area (Å²) in [5.41, 5.74) is 0.883. The summed E-state index contributed by atoms with van der Waals surface area (Å²) >= 11 is 0. The Bertz CT molecular complexity index is 624. The zero-order chi connectivity index (χ0) is 14.4. The molecule has 6 nitrogen and oxygen atoms in total. The first kappa shape index (κ1) is 13.4. The number of amides is 1. The van der Waals surface area contributed by atoms with Gasteiger partial charge in [0.1, 0.15) is 5.75 Å². The Morgan fingerprint density at radius 2 is 1.95 bits per heavy atom. The summed E-state index contributed by atoms with van der Waals surface area (Å²) in [5.74, 6) is -1.49. The number of ether oxygens (including phenoxy) is 1. The van der Waals surface area contributed by atoms with Crippen molar-refractivity contribution in [3.63, 3.8) is 0 Å². The molecule has 0 aliphatic carbocycles. The van der Waals surface area contributed by atoms with Crippen LogP contribution >= 0.6 is 0 Å². The molecule has 1 amide bonds. The van der Waals surface area contributed by atoms with Gasteiger partial charge in [-0.3, -0.25) is 15.1 Å². The molecule has 0 bridgehead atoms. The minimum Gasteiger partial charge on any atom is -0.419 e. The number of anilines is 1. The average molecular weight is 269 g/mol. The van der Waals surface area contributed by atoms with Crippen molar-refractivity contribution in [1.29, 1.82) is 0 Å². The number of nitrogens with zero attached hydrogens (tertiary/aromatic N) is 2. The second-order valence-corrected chi connectivity index (χ2v) is 3.71. The Kier molecular flexibility index (Phi) is 4.18. The summed E-state index contributed by atoms with van der Waals surface area (Å²) in [6.45, 7) is 3.61. The predicted octanol–water partition coefficient (Wildman–Crippen LogP) is 1.66. The molecule has 100 valence electrons. The number of rotatable bonds is 3. The first-order valence-corrected chi connectivity index (χ1v) is 5.70. The number of carbonyl (C=O) groups excluding carboxylic acids is 2. The lowest BCUT2D eigenvalue weighted by Gasteiger charge is -2.05. The zero-order valence-electron chi connectivity index (χ0n) is 10.4. The van der Waals surface area contributed by atoms with Crippen molar-refractivity contribution in [1.82, 2.24) is 9.97 Å². The van der Waals surface area contributed by atoms with E-state index in [4.69, 9.17) is 4.74 Å². The molecule has 6 heteroatoms. The van der Waals surface area contributed by atoms with Crippen LogP contribution in [0.15, 0.2) is 49.4 Å². The van der Waals surface area contributed by atoms with Crippen LogP contribution in [0.1, 0.15) is 5.56 Å². The summed E-state index contributed by atoms with van der Waals surface area (Å²) in [6.07, 6.45) is 5.83. The highest BCUT2D eigenvalue weighted by Gasteiger charge is 2.17. The van der Waals surface area contributed by atoms with Gasteiger partial charge in [-0.25, -0.2) is 9.78 Å². The highest BCUT2D eigenvalue weighted by atomic mass is 16.5. The molecule has 1 aromatic carbocycles. The molecular weight excluding hydrogens is 258 g/mol. The topological polar surface area (TPSA) is 81.2 Å². The van der Waals surface area contributed by atoms with E-state index in [1.807, 2.05) is 0 Å². The molecule has 0 radical (unpaired) electrons. The third-order valence-electron chi connectivity index (χ3n) is 2.32. The van der Waals surface area contributed by atoms with Gasteiger partial charge in [0.2, 0.25) is 0 Å². The van der Waals surface area contributed by atoms with Crippen molar-refractivity contribution in [2.75, 3.05) is 5.32 Å². The predicted molar refractivity (Wildman–Crippen MR) is 72.8 cm³/mol. The minimum atomic E-state index is -1.03. The van der Waals surface area contributed by atoms with Gasteiger partial charge in [0.05, 0.1) is 6.20 Å². The zero-order valence-corrected chi connectivity index (χ0v) is 10.4. The number of benzene rings is 1. The summed E-state index contributed by atoms with van der Waals surface area (Å²) < 4.78 is 4.91. The maximum absolute atomic E-state index is 11.6. The van der Waals surface area contributed by atoms with Crippen molar-refractivity contribution in [3.8, 4) is 5.75 Å². The number of hydrogen-bond donors (Lipinski definition) is 1. The summed E-state index contributed by atoms with van der Waals surface area (Å²) in [6, 6.07) is 6.58. The lowest BCUT2D eigenvalue weighted by molar-refractivity contribution is -0.145. The number of nitrogens with one attached hydrogen (secondary N) is 1. The highest BCUT2D eigenvalue weighted by molar-refractivity contribution is 6.37. The summed E-state index contributed by atoms with van der Waals surface area (Å²) in [4.78, 5) is 30.7. The van der Waals surface area contributed by atoms with Crippen molar-refractivity contribution in [2.24, 2.45) is 0 Å². The summed E-state index contributed by atoms with van der Waals surface area (Å²) in [5, 5.41) is 2.28. The standard InChI is InChI=1S/C14H11N3O3/c1-2-10-3-5-11(6-4-10)20-14(19)13(18)17-12-9-15-7-8-16-12/h2-9H,1H2,(H,16,17,18). The van der Waals surface area contributed by atoms with Gasteiger partial charge in [-0.1, -0.05) is 24.8 Å². The first-order valence-electron chi connectivity index (χ1n) is 5.70. The van der Waals surface area contributed by atoms with Gasteiger partial charge >= 0.3 is 11.9 Å². The fourth-order valence-corrected chi connectivity index (χ4v) is 1.36. The largest absolute Gasteiger partial charge is 0.419 e. The number of aromatic nitrogens is 2. The van der Waals surface area contributed by atoms with E-state index < -0.39 is 11.9 Å². The van der Waals surface area contributed by atoms with Crippen LogP contribution in [0.4, 0.5) is 5.82 Å². The Hall–Kier alpha value is -3.02. The number of carbonyl (C=O) groups is 2. The quantitative estimate of drug-likeness (QED) is 0.520. The van der Waals surface area contributed by atoms with E-state index >= 15 is 0 Å². The first-order chi connectivity index (χ1) is 9.69. The van der Waals surface area contributed by atoms with E-state index in [0.717, 1.165) is 5.56 Å². The van der Waals surface area contributed by atoms with E-state index in [9.17, 15) is 9.59 Å². The van der Waals surface area contributed by atoms with Crippen LogP contribution in [0.3, 0.4) is 0 Å². The van der Waals surface area contributed by atoms with Crippen LogP contribution in [0.5, 0.6) is 5.75 Å². The fraction of sp³-hybridized carbons (Fsp3) is 0. The molecule has 0 aliphatic heterocycles. The van der Waals surface area contributed by atoms with E-state index in [1.165, 1.54) is 18.6 Å². The van der Waals surface area contributed by atoms with Gasteiger partial charge in [-0.2, -0.15) is 0 Å². The van der Waals surface area contributed by atoms with E-state index in [2.05, 4.69) is 21.9 Å². The summed E-state index contributed by atoms with van der Waals surface area (Å²) in [7, 11) is 0. The van der Waals surface area contributed by atoms with E-state index in [0.29, 0.717) is 0 Å². The molecule has 0 spiro atoms. The number of esters is 1. The van der Waals surface area contributed by atoms with Gasteiger partial charge in [-0.15, -0.1) is 0 Å². The molecule has 2 rings (SSSR count). The Balaban J connectivity index is 1.97. The molecule has 1 aromatic heterocycles. The van der Waals surface area contributed by atoms with Crippen LogP contribution in [-0.2, 0) is 9.59 Å². The molecule has 20 heavy (non-hydrogen) atoms. The van der Waals surface area contributed by atoms with Gasteiger partial charge in [0.25, 0.3) is 0 Å². The maximum atomic E-state index is 11.6. The molecule has 1 N–H and O–H groups in total. The lowest BCUT2D eigenvalue weighted by Crippen LogP contribution is -2.27. The second-order valence-electron chi connectivity index (χ2n) is 3.71.